The molecule has 3 rings (SSSR count). The molecule has 2 aliphatic rings. The lowest BCUT2D eigenvalue weighted by molar-refractivity contribution is 0.540. The molecular weight excluding hydrogens is 315 g/mol. The molecule has 0 heterocycles. The van der Waals surface area contributed by atoms with Crippen LogP contribution in [0, 0.1) is 11.7 Å². The molecule has 0 aromatic heterocycles. The van der Waals surface area contributed by atoms with Crippen molar-refractivity contribution in [3.63, 3.8) is 0 Å². The Bertz CT molecular complexity index is 643. The first-order valence-corrected chi connectivity index (χ1v) is 9.03. The van der Waals surface area contributed by atoms with E-state index in [1.165, 1.54) is 12.1 Å². The molecule has 0 saturated heterocycles. The van der Waals surface area contributed by atoms with Gasteiger partial charge < -0.3 is 5.32 Å². The fourth-order valence-corrected chi connectivity index (χ4v) is 3.68. The lowest BCUT2D eigenvalue weighted by atomic mass is 10.2. The zero-order valence-electron chi connectivity index (χ0n) is 11.5. The molecule has 116 valence electrons. The van der Waals surface area contributed by atoms with E-state index in [0.717, 1.165) is 25.7 Å². The van der Waals surface area contributed by atoms with Crippen LogP contribution in [-0.4, -0.2) is 21.0 Å². The molecule has 1 aromatic rings. The molecule has 0 unspecified atom stereocenters. The van der Waals surface area contributed by atoms with Gasteiger partial charge >= 0.3 is 0 Å². The van der Waals surface area contributed by atoms with Gasteiger partial charge in [0.25, 0.3) is 0 Å². The molecule has 4 nitrogen and oxygen atoms in total. The predicted octanol–water partition coefficient (Wildman–Crippen LogP) is 2.42. The highest BCUT2D eigenvalue weighted by Crippen LogP contribution is 2.29. The van der Waals surface area contributed by atoms with Crippen LogP contribution in [-0.2, 0) is 16.6 Å². The first kappa shape index (κ1) is 15.2. The van der Waals surface area contributed by atoms with Gasteiger partial charge in [-0.2, -0.15) is 0 Å². The third-order valence-corrected chi connectivity index (χ3v) is 5.43. The number of hydrogen-bond acceptors (Lipinski definition) is 3. The average Bonchev–Trinajstić information content (AvgIpc) is 3.30. The van der Waals surface area contributed by atoms with Gasteiger partial charge in [-0.25, -0.2) is 17.5 Å². The van der Waals surface area contributed by atoms with Crippen LogP contribution in [0.4, 0.5) is 4.39 Å². The number of nitrogens with one attached hydrogen (secondary N) is 2. The average molecular weight is 333 g/mol. The Morgan fingerprint density at radius 1 is 1.24 bits per heavy atom. The molecule has 0 bridgehead atoms. The first-order valence-electron chi connectivity index (χ1n) is 7.16. The van der Waals surface area contributed by atoms with E-state index in [1.807, 2.05) is 0 Å². The second-order valence-corrected chi connectivity index (χ2v) is 8.00. The van der Waals surface area contributed by atoms with Crippen molar-refractivity contribution >= 4 is 21.6 Å². The summed E-state index contributed by atoms with van der Waals surface area (Å²) in [6, 6.07) is 3.07. The van der Waals surface area contributed by atoms with Crippen LogP contribution in [0.2, 0.25) is 5.02 Å². The smallest absolute Gasteiger partial charge is 0.243 e. The van der Waals surface area contributed by atoms with Gasteiger partial charge in [-0.1, -0.05) is 11.6 Å². The Morgan fingerprint density at radius 3 is 2.57 bits per heavy atom. The zero-order chi connectivity index (χ0) is 15.0. The lowest BCUT2D eigenvalue weighted by Gasteiger charge is -2.12. The van der Waals surface area contributed by atoms with E-state index in [4.69, 9.17) is 11.6 Å². The Balaban J connectivity index is 1.81. The highest BCUT2D eigenvalue weighted by atomic mass is 35.5. The van der Waals surface area contributed by atoms with E-state index < -0.39 is 15.8 Å². The third kappa shape index (κ3) is 3.94. The van der Waals surface area contributed by atoms with Gasteiger partial charge in [0.1, 0.15) is 10.7 Å². The van der Waals surface area contributed by atoms with Gasteiger partial charge in [0.05, 0.1) is 0 Å². The van der Waals surface area contributed by atoms with Crippen molar-refractivity contribution in [1.82, 2.24) is 10.0 Å². The topological polar surface area (TPSA) is 58.2 Å². The number of sulfonamides is 1. The molecule has 0 aliphatic heterocycles. The van der Waals surface area contributed by atoms with E-state index in [1.54, 1.807) is 0 Å². The fraction of sp³-hybridized carbons (Fsp3) is 0.571. The van der Waals surface area contributed by atoms with Gasteiger partial charge in [-0.15, -0.1) is 0 Å². The fourth-order valence-electron chi connectivity index (χ4n) is 2.11. The maximum Gasteiger partial charge on any atom is 0.243 e. The molecule has 0 atom stereocenters. The van der Waals surface area contributed by atoms with Crippen LogP contribution in [0.5, 0.6) is 0 Å². The maximum atomic E-state index is 14.4. The minimum absolute atomic E-state index is 0.232. The van der Waals surface area contributed by atoms with Crippen molar-refractivity contribution in [3.8, 4) is 0 Å². The molecular formula is C14H18ClFN2O2S. The summed E-state index contributed by atoms with van der Waals surface area (Å²) in [4.78, 5) is -0.358. The molecule has 0 radical (unpaired) electrons. The number of benzene rings is 1. The van der Waals surface area contributed by atoms with Crippen molar-refractivity contribution < 1.29 is 12.8 Å². The van der Waals surface area contributed by atoms with Crippen LogP contribution >= 0.6 is 11.6 Å². The van der Waals surface area contributed by atoms with Gasteiger partial charge in [-0.3, -0.25) is 0 Å². The van der Waals surface area contributed by atoms with E-state index in [2.05, 4.69) is 10.0 Å². The van der Waals surface area contributed by atoms with Gasteiger partial charge in [-0.05, 0) is 43.7 Å². The van der Waals surface area contributed by atoms with Crippen molar-refractivity contribution in [2.75, 3.05) is 6.54 Å². The maximum absolute atomic E-state index is 14.4. The minimum Gasteiger partial charge on any atom is -0.310 e. The van der Waals surface area contributed by atoms with Crippen molar-refractivity contribution in [3.05, 3.63) is 28.5 Å². The molecule has 7 heteroatoms. The molecule has 2 N–H and O–H groups in total. The molecule has 0 spiro atoms. The Hall–Kier alpha value is -0.690. The molecule has 2 fully saturated rings. The normalized spacial score (nSPS) is 19.0. The quantitative estimate of drug-likeness (QED) is 0.806. The van der Waals surface area contributed by atoms with Crippen molar-refractivity contribution in [2.24, 2.45) is 5.92 Å². The highest BCUT2D eigenvalue weighted by Gasteiger charge is 2.27. The van der Waals surface area contributed by atoms with Crippen LogP contribution in [0.25, 0.3) is 0 Å². The Morgan fingerprint density at radius 2 is 1.95 bits per heavy atom. The standard InChI is InChI=1S/C14H18ClFN2O2S/c15-11-5-10(8-17-12-3-4-12)14(16)13(6-11)21(19,20)18-7-9-1-2-9/h5-6,9,12,17-18H,1-4,7-8H2. The van der Waals surface area contributed by atoms with E-state index >= 15 is 0 Å². The zero-order valence-corrected chi connectivity index (χ0v) is 13.1. The summed E-state index contributed by atoms with van der Waals surface area (Å²) in [5, 5.41) is 3.40. The second kappa shape index (κ2) is 5.83. The van der Waals surface area contributed by atoms with Crippen LogP contribution < -0.4 is 10.0 Å². The number of halogens is 2. The largest absolute Gasteiger partial charge is 0.310 e. The summed E-state index contributed by atoms with van der Waals surface area (Å²) >= 11 is 5.95. The number of hydrogen-bond donors (Lipinski definition) is 2. The monoisotopic (exact) mass is 332 g/mol. The molecule has 2 aliphatic carbocycles. The molecule has 1 aromatic carbocycles. The van der Waals surface area contributed by atoms with E-state index in [0.29, 0.717) is 30.6 Å². The van der Waals surface area contributed by atoms with Crippen LogP contribution in [0.1, 0.15) is 31.2 Å². The SMILES string of the molecule is O=S(=O)(NCC1CC1)c1cc(Cl)cc(CNC2CC2)c1F. The number of rotatable bonds is 7. The summed E-state index contributed by atoms with van der Waals surface area (Å²) in [6.07, 6.45) is 4.21. The van der Waals surface area contributed by atoms with E-state index in [9.17, 15) is 12.8 Å². The summed E-state index contributed by atoms with van der Waals surface area (Å²) in [5.41, 5.74) is 0.293. The van der Waals surface area contributed by atoms with Crippen molar-refractivity contribution in [1.29, 1.82) is 0 Å². The summed E-state index contributed by atoms with van der Waals surface area (Å²) in [7, 11) is -3.85. The van der Waals surface area contributed by atoms with Crippen molar-refractivity contribution in [2.45, 2.75) is 43.2 Å². The minimum atomic E-state index is -3.85. The second-order valence-electron chi connectivity index (χ2n) is 5.83. The Labute approximate surface area is 129 Å². The van der Waals surface area contributed by atoms with Gasteiger partial charge in [0, 0.05) is 29.7 Å². The van der Waals surface area contributed by atoms with E-state index in [-0.39, 0.29) is 9.92 Å². The molecule has 0 amide bonds. The Kier molecular flexibility index (Phi) is 4.23. The molecule has 2 saturated carbocycles. The summed E-state index contributed by atoms with van der Waals surface area (Å²) < 4.78 is 41.3. The highest BCUT2D eigenvalue weighted by molar-refractivity contribution is 7.89. The lowest BCUT2D eigenvalue weighted by Crippen LogP contribution is -2.27. The van der Waals surface area contributed by atoms with Gasteiger partial charge in [0.15, 0.2) is 0 Å². The third-order valence-electron chi connectivity index (χ3n) is 3.79. The summed E-state index contributed by atoms with van der Waals surface area (Å²) in [6.45, 7) is 0.659. The predicted molar refractivity (Wildman–Crippen MR) is 79.2 cm³/mol. The molecule has 21 heavy (non-hydrogen) atoms. The van der Waals surface area contributed by atoms with Crippen LogP contribution in [0.3, 0.4) is 0 Å². The summed E-state index contributed by atoms with van der Waals surface area (Å²) in [5.74, 6) is -0.325. The van der Waals surface area contributed by atoms with Crippen LogP contribution in [0.15, 0.2) is 17.0 Å². The van der Waals surface area contributed by atoms with Gasteiger partial charge in [0.2, 0.25) is 10.0 Å². The first-order chi connectivity index (χ1) is 9.95.